The van der Waals surface area contributed by atoms with Crippen molar-refractivity contribution in [3.63, 3.8) is 0 Å². The third-order valence-electron chi connectivity index (χ3n) is 6.96. The lowest BCUT2D eigenvalue weighted by molar-refractivity contribution is 0.669. The van der Waals surface area contributed by atoms with E-state index in [0.717, 1.165) is 60.6 Å². The summed E-state index contributed by atoms with van der Waals surface area (Å²) in [5.41, 5.74) is 5.72. The van der Waals surface area contributed by atoms with Gasteiger partial charge in [-0.05, 0) is 24.3 Å². The first kappa shape index (κ1) is 20.9. The van der Waals surface area contributed by atoms with Crippen LogP contribution in [-0.4, -0.2) is 15.0 Å². The van der Waals surface area contributed by atoms with Gasteiger partial charge in [-0.25, -0.2) is 15.0 Å². The van der Waals surface area contributed by atoms with Gasteiger partial charge in [-0.1, -0.05) is 91.0 Å². The largest absolute Gasteiger partial charge is 0.455 e. The average molecular weight is 490 g/mol. The zero-order valence-electron chi connectivity index (χ0n) is 20.1. The van der Waals surface area contributed by atoms with Crippen LogP contribution < -0.4 is 0 Å². The van der Waals surface area contributed by atoms with Crippen LogP contribution in [0, 0.1) is 0 Å². The molecule has 0 saturated carbocycles. The molecule has 38 heavy (non-hydrogen) atoms. The number of hydrogen-bond acceptors (Lipinski definition) is 5. The molecule has 3 heterocycles. The van der Waals surface area contributed by atoms with Crippen LogP contribution in [0.1, 0.15) is 0 Å². The summed E-state index contributed by atoms with van der Waals surface area (Å²) in [6.07, 6.45) is 0. The Hall–Kier alpha value is -5.29. The molecule has 0 fully saturated rings. The zero-order chi connectivity index (χ0) is 25.1. The minimum absolute atomic E-state index is 0.548. The molecule has 0 amide bonds. The first-order valence-electron chi connectivity index (χ1n) is 12.5. The number of benzene rings is 5. The minimum atomic E-state index is 0.548. The predicted molar refractivity (Wildman–Crippen MR) is 151 cm³/mol. The molecule has 3 aromatic heterocycles. The molecule has 178 valence electrons. The Kier molecular flexibility index (Phi) is 4.45. The van der Waals surface area contributed by atoms with E-state index in [1.165, 1.54) is 0 Å². The molecule has 0 spiro atoms. The van der Waals surface area contributed by atoms with Gasteiger partial charge in [0.15, 0.2) is 17.5 Å². The van der Waals surface area contributed by atoms with E-state index < -0.39 is 0 Å². The molecular weight excluding hydrogens is 470 g/mol. The smallest absolute Gasteiger partial charge is 0.167 e. The quantitative estimate of drug-likeness (QED) is 0.248. The monoisotopic (exact) mass is 489 g/mol. The van der Waals surface area contributed by atoms with Crippen molar-refractivity contribution in [1.82, 2.24) is 15.0 Å². The van der Waals surface area contributed by atoms with E-state index >= 15 is 0 Å². The number of para-hydroxylation sites is 4. The Bertz CT molecular complexity index is 2010. The highest BCUT2D eigenvalue weighted by Crippen LogP contribution is 2.38. The lowest BCUT2D eigenvalue weighted by Crippen LogP contribution is -2.00. The van der Waals surface area contributed by atoms with Crippen molar-refractivity contribution in [1.29, 1.82) is 0 Å². The van der Waals surface area contributed by atoms with Gasteiger partial charge in [0.05, 0.1) is 11.1 Å². The summed E-state index contributed by atoms with van der Waals surface area (Å²) in [6.45, 7) is 0. The van der Waals surface area contributed by atoms with Gasteiger partial charge in [-0.2, -0.15) is 0 Å². The average Bonchev–Trinajstić information content (AvgIpc) is 3.56. The molecule has 0 saturated heterocycles. The fraction of sp³-hybridized carbons (Fsp3) is 0. The van der Waals surface area contributed by atoms with Crippen molar-refractivity contribution in [2.24, 2.45) is 0 Å². The van der Waals surface area contributed by atoms with Crippen LogP contribution in [0.3, 0.4) is 0 Å². The van der Waals surface area contributed by atoms with Crippen LogP contribution in [-0.2, 0) is 0 Å². The molecular formula is C33H19N3O2. The second-order valence-electron chi connectivity index (χ2n) is 9.23. The third-order valence-corrected chi connectivity index (χ3v) is 6.96. The predicted octanol–water partition coefficient (Wildman–Crippen LogP) is 8.67. The highest BCUT2D eigenvalue weighted by Gasteiger charge is 2.20. The Balaban J connectivity index is 1.43. The number of rotatable bonds is 3. The Morgan fingerprint density at radius 1 is 0.368 bits per heavy atom. The normalized spacial score (nSPS) is 11.7. The van der Waals surface area contributed by atoms with Crippen LogP contribution >= 0.6 is 0 Å². The van der Waals surface area contributed by atoms with E-state index in [9.17, 15) is 0 Å². The molecule has 0 atom stereocenters. The fourth-order valence-corrected chi connectivity index (χ4v) is 5.18. The summed E-state index contributed by atoms with van der Waals surface area (Å²) in [7, 11) is 0. The van der Waals surface area contributed by atoms with Crippen LogP contribution in [0.4, 0.5) is 0 Å². The molecule has 0 bridgehead atoms. The summed E-state index contributed by atoms with van der Waals surface area (Å²) < 4.78 is 12.6. The number of hydrogen-bond donors (Lipinski definition) is 0. The minimum Gasteiger partial charge on any atom is -0.455 e. The fourth-order valence-electron chi connectivity index (χ4n) is 5.18. The van der Waals surface area contributed by atoms with Gasteiger partial charge in [-0.15, -0.1) is 0 Å². The molecule has 0 aliphatic carbocycles. The van der Waals surface area contributed by atoms with E-state index in [0.29, 0.717) is 17.5 Å². The summed E-state index contributed by atoms with van der Waals surface area (Å²) in [4.78, 5) is 14.9. The number of fused-ring (bicyclic) bond motifs is 6. The second kappa shape index (κ2) is 8.11. The van der Waals surface area contributed by atoms with Gasteiger partial charge >= 0.3 is 0 Å². The first-order valence-corrected chi connectivity index (χ1v) is 12.5. The van der Waals surface area contributed by atoms with E-state index in [4.69, 9.17) is 23.8 Å². The van der Waals surface area contributed by atoms with Gasteiger partial charge in [0, 0.05) is 27.1 Å². The summed E-state index contributed by atoms with van der Waals surface area (Å²) in [5, 5.41) is 4.18. The molecule has 0 unspecified atom stereocenters. The summed E-state index contributed by atoms with van der Waals surface area (Å²) in [6, 6.07) is 38.2. The lowest BCUT2D eigenvalue weighted by Gasteiger charge is -2.09. The van der Waals surface area contributed by atoms with Crippen molar-refractivity contribution < 1.29 is 8.83 Å². The van der Waals surface area contributed by atoms with E-state index in [1.807, 2.05) is 91.0 Å². The third kappa shape index (κ3) is 3.15. The lowest BCUT2D eigenvalue weighted by atomic mass is 10.1. The second-order valence-corrected chi connectivity index (χ2v) is 9.23. The molecule has 8 rings (SSSR count). The molecule has 5 aromatic carbocycles. The molecule has 0 aliphatic heterocycles. The molecule has 0 aliphatic rings. The van der Waals surface area contributed by atoms with Gasteiger partial charge in [0.25, 0.3) is 0 Å². The standard InChI is InChI=1S/C33H19N3O2/c1-2-10-20(11-3-1)31-34-32(25-16-8-14-23-21-12-4-6-18-27(21)37-29(23)25)36-33(35-31)26-17-9-15-24-22-13-5-7-19-28(22)38-30(24)26/h1-19H. The maximum atomic E-state index is 6.32. The maximum Gasteiger partial charge on any atom is 0.167 e. The Labute approximate surface area is 217 Å². The van der Waals surface area contributed by atoms with Crippen molar-refractivity contribution >= 4 is 43.9 Å². The Morgan fingerprint density at radius 2 is 0.816 bits per heavy atom. The number of aromatic nitrogens is 3. The summed E-state index contributed by atoms with van der Waals surface area (Å²) in [5.74, 6) is 1.69. The highest BCUT2D eigenvalue weighted by molar-refractivity contribution is 6.10. The Morgan fingerprint density at radius 3 is 1.37 bits per heavy atom. The van der Waals surface area contributed by atoms with Crippen molar-refractivity contribution in [2.75, 3.05) is 0 Å². The van der Waals surface area contributed by atoms with Gasteiger partial charge in [-0.3, -0.25) is 0 Å². The van der Waals surface area contributed by atoms with Crippen LogP contribution in [0.25, 0.3) is 78.0 Å². The van der Waals surface area contributed by atoms with E-state index in [1.54, 1.807) is 0 Å². The van der Waals surface area contributed by atoms with Crippen molar-refractivity contribution in [2.45, 2.75) is 0 Å². The maximum absolute atomic E-state index is 6.32. The van der Waals surface area contributed by atoms with Crippen LogP contribution in [0.15, 0.2) is 124 Å². The van der Waals surface area contributed by atoms with Gasteiger partial charge in [0.1, 0.15) is 22.3 Å². The zero-order valence-corrected chi connectivity index (χ0v) is 20.1. The van der Waals surface area contributed by atoms with E-state index in [2.05, 4.69) is 24.3 Å². The summed E-state index contributed by atoms with van der Waals surface area (Å²) >= 11 is 0. The molecule has 0 N–H and O–H groups in total. The topological polar surface area (TPSA) is 65.0 Å². The van der Waals surface area contributed by atoms with Gasteiger partial charge in [0.2, 0.25) is 0 Å². The van der Waals surface area contributed by atoms with Crippen LogP contribution in [0.2, 0.25) is 0 Å². The number of furan rings is 2. The van der Waals surface area contributed by atoms with Gasteiger partial charge < -0.3 is 8.83 Å². The van der Waals surface area contributed by atoms with Crippen molar-refractivity contribution in [3.8, 4) is 34.2 Å². The van der Waals surface area contributed by atoms with E-state index in [-0.39, 0.29) is 0 Å². The SMILES string of the molecule is c1ccc(-c2nc(-c3cccc4c3oc3ccccc34)nc(-c3cccc4c3oc3ccccc34)n2)cc1. The van der Waals surface area contributed by atoms with Crippen LogP contribution in [0.5, 0.6) is 0 Å². The molecule has 8 aromatic rings. The first-order chi connectivity index (χ1) is 18.8. The molecule has 5 heteroatoms. The highest BCUT2D eigenvalue weighted by atomic mass is 16.3. The van der Waals surface area contributed by atoms with Crippen molar-refractivity contribution in [3.05, 3.63) is 115 Å². The molecule has 0 radical (unpaired) electrons. The molecule has 5 nitrogen and oxygen atoms in total. The number of nitrogens with zero attached hydrogens (tertiary/aromatic N) is 3.